The molecule has 2 aliphatic rings. The number of pyridine rings is 3. The van der Waals surface area contributed by atoms with Crippen LogP contribution in [0.5, 0.6) is 0 Å². The van der Waals surface area contributed by atoms with Crippen molar-refractivity contribution in [1.82, 2.24) is 4.98 Å². The number of para-hydroxylation sites is 1. The van der Waals surface area contributed by atoms with Crippen molar-refractivity contribution in [2.75, 3.05) is 0 Å². The van der Waals surface area contributed by atoms with Gasteiger partial charge in [0.05, 0.1) is 17.7 Å². The van der Waals surface area contributed by atoms with Crippen LogP contribution >= 0.6 is 0 Å². The Morgan fingerprint density at radius 2 is 1.72 bits per heavy atom. The van der Waals surface area contributed by atoms with Gasteiger partial charge in [-0.1, -0.05) is 36.4 Å². The van der Waals surface area contributed by atoms with Crippen LogP contribution in [0.25, 0.3) is 50.3 Å². The number of aryl methyl sites for hydroxylation is 2. The second kappa shape index (κ2) is 8.47. The van der Waals surface area contributed by atoms with Gasteiger partial charge in [0, 0.05) is 46.0 Å². The van der Waals surface area contributed by atoms with E-state index in [0.29, 0.717) is 11.6 Å². The van der Waals surface area contributed by atoms with Crippen molar-refractivity contribution in [1.29, 1.82) is 0 Å². The summed E-state index contributed by atoms with van der Waals surface area (Å²) in [7, 11) is 0. The quantitative estimate of drug-likeness (QED) is 0.202. The molecule has 4 nitrogen and oxygen atoms in total. The highest BCUT2D eigenvalue weighted by Crippen LogP contribution is 2.44. The number of fused-ring (bicyclic) bond motifs is 12. The Balaban J connectivity index is 1.37. The molecule has 0 saturated carbocycles. The van der Waals surface area contributed by atoms with E-state index in [2.05, 4.69) is 108 Å². The van der Waals surface area contributed by atoms with E-state index in [9.17, 15) is 0 Å². The van der Waals surface area contributed by atoms with E-state index >= 15 is 0 Å². The fourth-order valence-corrected chi connectivity index (χ4v) is 6.84. The Hall–Kier alpha value is -4.57. The lowest BCUT2D eigenvalue weighted by molar-refractivity contribution is -0.720. The van der Waals surface area contributed by atoms with E-state index in [-0.39, 0.29) is 6.04 Å². The van der Waals surface area contributed by atoms with Crippen LogP contribution in [-0.4, -0.2) is 4.98 Å². The average Bonchev–Trinajstić information content (AvgIpc) is 3.33. The highest BCUT2D eigenvalue weighted by atomic mass is 16.3. The van der Waals surface area contributed by atoms with E-state index in [1.807, 2.05) is 12.1 Å². The monoisotopic (exact) mass is 507 g/mol. The third kappa shape index (κ3) is 3.41. The lowest BCUT2D eigenvalue weighted by Crippen LogP contribution is -2.49. The maximum absolute atomic E-state index is 6.24. The van der Waals surface area contributed by atoms with Gasteiger partial charge < -0.3 is 4.42 Å². The zero-order valence-electron chi connectivity index (χ0n) is 22.0. The summed E-state index contributed by atoms with van der Waals surface area (Å²) in [5, 5.41) is 2.16. The standard InChI is InChI=1S/C35H29N3O/c1-22-14-17-32-25-10-4-3-9-24(25)26-15-16-30-29(20-28-27-11-5-6-13-34(27)39-35(28)36-30)31-12-7-8-18-37(31)23(2)19-33(26)38(32)21-22/h3-14,17-18,20-21,26,33H,2,15-16,19H2,1H3/q+2. The number of benzene rings is 2. The number of aromatic nitrogens is 3. The van der Waals surface area contributed by atoms with Gasteiger partial charge >= 0.3 is 0 Å². The third-order valence-electron chi connectivity index (χ3n) is 8.65. The number of hydrogen-bond donors (Lipinski definition) is 0. The molecular weight excluding hydrogens is 478 g/mol. The van der Waals surface area contributed by atoms with Crippen LogP contribution in [0.2, 0.25) is 0 Å². The Bertz CT molecular complexity index is 1950. The molecule has 0 bridgehead atoms. The van der Waals surface area contributed by atoms with Gasteiger partial charge in [-0.05, 0) is 62.2 Å². The molecule has 6 aromatic rings. The molecule has 0 N–H and O–H groups in total. The molecule has 2 unspecified atom stereocenters. The third-order valence-corrected chi connectivity index (χ3v) is 8.65. The smallest absolute Gasteiger partial charge is 0.227 e. The molecule has 2 atom stereocenters. The number of rotatable bonds is 0. The van der Waals surface area contributed by atoms with Gasteiger partial charge in [0.15, 0.2) is 24.1 Å². The molecule has 0 spiro atoms. The molecule has 2 aromatic carbocycles. The zero-order chi connectivity index (χ0) is 26.1. The van der Waals surface area contributed by atoms with Gasteiger partial charge in [-0.3, -0.25) is 0 Å². The summed E-state index contributed by atoms with van der Waals surface area (Å²) in [5.74, 6) is 0.337. The van der Waals surface area contributed by atoms with Crippen molar-refractivity contribution in [3.63, 3.8) is 0 Å². The second-order valence-corrected chi connectivity index (χ2v) is 11.0. The largest absolute Gasteiger partial charge is 0.438 e. The molecule has 0 amide bonds. The van der Waals surface area contributed by atoms with E-state index in [1.165, 1.54) is 22.4 Å². The lowest BCUT2D eigenvalue weighted by Gasteiger charge is -2.31. The minimum Gasteiger partial charge on any atom is -0.438 e. The highest BCUT2D eigenvalue weighted by molar-refractivity contribution is 6.04. The Morgan fingerprint density at radius 3 is 2.67 bits per heavy atom. The summed E-state index contributed by atoms with van der Waals surface area (Å²) >= 11 is 0. The molecule has 8 rings (SSSR count). The van der Waals surface area contributed by atoms with Crippen LogP contribution < -0.4 is 9.13 Å². The van der Waals surface area contributed by atoms with Gasteiger partial charge in [-0.25, -0.2) is 4.98 Å². The Labute approximate surface area is 227 Å². The number of allylic oxidation sites excluding steroid dienone is 1. The Morgan fingerprint density at radius 1 is 0.872 bits per heavy atom. The molecule has 6 heterocycles. The maximum atomic E-state index is 6.24. The molecule has 2 aliphatic heterocycles. The first-order valence-corrected chi connectivity index (χ1v) is 13.8. The van der Waals surface area contributed by atoms with Crippen molar-refractivity contribution < 1.29 is 13.6 Å². The van der Waals surface area contributed by atoms with Crippen LogP contribution in [0.3, 0.4) is 0 Å². The predicted molar refractivity (Wildman–Crippen MR) is 154 cm³/mol. The van der Waals surface area contributed by atoms with Gasteiger partial charge in [0.25, 0.3) is 0 Å². The SMILES string of the molecule is C=C1CC2C(CCc3nc4oc5ccccc5c4cc3-c3cccc[n+]31)c1ccccc1-c1ccc(C)c[n+]12. The number of hydrogen-bond acceptors (Lipinski definition) is 2. The molecule has 0 saturated heterocycles. The molecule has 4 heteroatoms. The molecule has 0 aliphatic carbocycles. The van der Waals surface area contributed by atoms with E-state index in [4.69, 9.17) is 9.40 Å². The fourth-order valence-electron chi connectivity index (χ4n) is 6.84. The second-order valence-electron chi connectivity index (χ2n) is 11.0. The normalized spacial score (nSPS) is 18.1. The summed E-state index contributed by atoms with van der Waals surface area (Å²) < 4.78 is 11.0. The highest BCUT2D eigenvalue weighted by Gasteiger charge is 2.42. The van der Waals surface area contributed by atoms with E-state index < -0.39 is 0 Å². The molecule has 188 valence electrons. The minimum absolute atomic E-state index is 0.263. The summed E-state index contributed by atoms with van der Waals surface area (Å²) in [6.07, 6.45) is 7.19. The first kappa shape index (κ1) is 22.4. The summed E-state index contributed by atoms with van der Waals surface area (Å²) in [5.41, 5.74) is 11.3. The van der Waals surface area contributed by atoms with Crippen LogP contribution in [0.15, 0.2) is 108 Å². The van der Waals surface area contributed by atoms with Crippen molar-refractivity contribution in [2.24, 2.45) is 0 Å². The van der Waals surface area contributed by atoms with Gasteiger partial charge in [-0.15, -0.1) is 0 Å². The molecule has 0 radical (unpaired) electrons. The molecule has 4 aromatic heterocycles. The van der Waals surface area contributed by atoms with Gasteiger partial charge in [0.1, 0.15) is 5.58 Å². The fraction of sp³-hybridized carbons (Fsp3) is 0.171. The lowest BCUT2D eigenvalue weighted by atomic mass is 9.78. The van der Waals surface area contributed by atoms with Crippen molar-refractivity contribution in [3.05, 3.63) is 121 Å². The topological polar surface area (TPSA) is 33.8 Å². The van der Waals surface area contributed by atoms with Gasteiger partial charge in [0.2, 0.25) is 17.1 Å². The number of furan rings is 1. The zero-order valence-corrected chi connectivity index (χ0v) is 22.0. The molecule has 39 heavy (non-hydrogen) atoms. The first-order chi connectivity index (χ1) is 19.2. The summed E-state index contributed by atoms with van der Waals surface area (Å²) in [6.45, 7) is 6.84. The van der Waals surface area contributed by atoms with Gasteiger partial charge in [-0.2, -0.15) is 9.13 Å². The maximum Gasteiger partial charge on any atom is 0.227 e. The molecule has 0 fully saturated rings. The summed E-state index contributed by atoms with van der Waals surface area (Å²) in [4.78, 5) is 5.19. The average molecular weight is 508 g/mol. The van der Waals surface area contributed by atoms with Crippen LogP contribution in [0, 0.1) is 6.92 Å². The minimum atomic E-state index is 0.263. The molecular formula is C35H29N3O+2. The first-order valence-electron chi connectivity index (χ1n) is 13.8. The number of nitrogens with zero attached hydrogens (tertiary/aromatic N) is 3. The predicted octanol–water partition coefficient (Wildman–Crippen LogP) is 7.34. The van der Waals surface area contributed by atoms with Crippen molar-refractivity contribution >= 4 is 27.8 Å². The van der Waals surface area contributed by atoms with Crippen LogP contribution in [0.4, 0.5) is 0 Å². The Kier molecular flexibility index (Phi) is 4.87. The van der Waals surface area contributed by atoms with Crippen LogP contribution in [0.1, 0.15) is 41.6 Å². The van der Waals surface area contributed by atoms with Crippen LogP contribution in [-0.2, 0) is 6.42 Å². The van der Waals surface area contributed by atoms with E-state index in [0.717, 1.165) is 58.3 Å². The summed E-state index contributed by atoms with van der Waals surface area (Å²) in [6, 6.07) is 30.6. The van der Waals surface area contributed by atoms with Crippen molar-refractivity contribution in [2.45, 2.75) is 38.1 Å². The van der Waals surface area contributed by atoms with Crippen molar-refractivity contribution in [3.8, 4) is 22.5 Å². The van der Waals surface area contributed by atoms with E-state index in [1.54, 1.807) is 0 Å².